The number of carbonyl (C=O) groups is 1. The van der Waals surface area contributed by atoms with Gasteiger partial charge in [0.2, 0.25) is 4.33 Å². The molecular weight excluding hydrogens is 259 g/mol. The van der Waals surface area contributed by atoms with Gasteiger partial charge in [-0.05, 0) is 43.9 Å². The zero-order chi connectivity index (χ0) is 12.3. The average molecular weight is 275 g/mol. The molecular formula is C13H16Cl2O2. The molecule has 4 aliphatic carbocycles. The first kappa shape index (κ1) is 11.9. The summed E-state index contributed by atoms with van der Waals surface area (Å²) in [6, 6.07) is 0. The molecule has 2 saturated carbocycles. The van der Waals surface area contributed by atoms with E-state index in [0.717, 1.165) is 19.3 Å². The lowest BCUT2D eigenvalue weighted by Gasteiger charge is -2.56. The van der Waals surface area contributed by atoms with Gasteiger partial charge < -0.3 is 4.74 Å². The smallest absolute Gasteiger partial charge is 0.342 e. The van der Waals surface area contributed by atoms with Crippen molar-refractivity contribution in [2.24, 2.45) is 17.3 Å². The van der Waals surface area contributed by atoms with E-state index >= 15 is 0 Å². The van der Waals surface area contributed by atoms with Crippen molar-refractivity contribution in [2.75, 3.05) is 7.11 Å². The highest BCUT2D eigenvalue weighted by atomic mass is 35.5. The third kappa shape index (κ3) is 1.57. The third-order valence-corrected chi connectivity index (χ3v) is 5.77. The Bertz CT molecular complexity index is 402. The van der Waals surface area contributed by atoms with Gasteiger partial charge in [0.1, 0.15) is 0 Å². The van der Waals surface area contributed by atoms with Crippen LogP contribution in [0.1, 0.15) is 32.1 Å². The van der Waals surface area contributed by atoms with Crippen LogP contribution in [0.25, 0.3) is 0 Å². The molecule has 4 rings (SSSR count). The fraction of sp³-hybridized carbons (Fsp3) is 0.769. The quantitative estimate of drug-likeness (QED) is 0.438. The van der Waals surface area contributed by atoms with E-state index in [4.69, 9.17) is 27.9 Å². The van der Waals surface area contributed by atoms with Gasteiger partial charge in [-0.3, -0.25) is 0 Å². The van der Waals surface area contributed by atoms with Gasteiger partial charge in [0.05, 0.1) is 7.11 Å². The van der Waals surface area contributed by atoms with Crippen LogP contribution < -0.4 is 0 Å². The van der Waals surface area contributed by atoms with Gasteiger partial charge in [0, 0.05) is 5.41 Å². The van der Waals surface area contributed by atoms with Gasteiger partial charge in [0.15, 0.2) is 0 Å². The van der Waals surface area contributed by atoms with E-state index in [-0.39, 0.29) is 5.41 Å². The lowest BCUT2D eigenvalue weighted by Crippen LogP contribution is -2.54. The number of hydrogen-bond acceptors (Lipinski definition) is 2. The van der Waals surface area contributed by atoms with E-state index in [9.17, 15) is 4.79 Å². The van der Waals surface area contributed by atoms with E-state index in [2.05, 4.69) is 6.08 Å². The fourth-order valence-corrected chi connectivity index (χ4v) is 4.81. The summed E-state index contributed by atoms with van der Waals surface area (Å²) in [5, 5.41) is 0. The van der Waals surface area contributed by atoms with Crippen LogP contribution in [0, 0.1) is 17.3 Å². The number of allylic oxidation sites excluding steroid dienone is 2. The predicted molar refractivity (Wildman–Crippen MR) is 67.0 cm³/mol. The minimum Gasteiger partial charge on any atom is -0.467 e. The Labute approximate surface area is 111 Å². The van der Waals surface area contributed by atoms with E-state index in [0.29, 0.717) is 11.8 Å². The first-order valence-corrected chi connectivity index (χ1v) is 6.88. The topological polar surface area (TPSA) is 26.3 Å². The first-order chi connectivity index (χ1) is 7.97. The van der Waals surface area contributed by atoms with Crippen LogP contribution in [0.15, 0.2) is 11.6 Å². The highest BCUT2D eigenvalue weighted by Crippen LogP contribution is 2.64. The molecule has 4 bridgehead atoms. The SMILES string of the molecule is COC(=O)C(Cl)(Cl)C12CC3=CC(CC(C3)C1)C2. The molecule has 0 N–H and O–H groups in total. The number of alkyl halides is 2. The minimum atomic E-state index is -1.39. The molecule has 0 aromatic carbocycles. The maximum absolute atomic E-state index is 11.8. The molecule has 0 radical (unpaired) electrons. The number of hydrogen-bond donors (Lipinski definition) is 0. The van der Waals surface area contributed by atoms with Crippen LogP contribution in [0.2, 0.25) is 0 Å². The van der Waals surface area contributed by atoms with Crippen LogP contribution in [-0.4, -0.2) is 17.4 Å². The van der Waals surface area contributed by atoms with Gasteiger partial charge in [-0.2, -0.15) is 0 Å². The molecule has 4 heteroatoms. The number of methoxy groups -OCH3 is 1. The first-order valence-electron chi connectivity index (χ1n) is 6.13. The van der Waals surface area contributed by atoms with E-state index in [1.807, 2.05) is 0 Å². The summed E-state index contributed by atoms with van der Waals surface area (Å²) in [6.45, 7) is 0. The molecule has 0 saturated heterocycles. The van der Waals surface area contributed by atoms with Crippen molar-refractivity contribution >= 4 is 29.2 Å². The van der Waals surface area contributed by atoms with Crippen molar-refractivity contribution in [1.29, 1.82) is 0 Å². The van der Waals surface area contributed by atoms with Crippen LogP contribution in [0.5, 0.6) is 0 Å². The van der Waals surface area contributed by atoms with Crippen LogP contribution in [0.3, 0.4) is 0 Å². The molecule has 0 spiro atoms. The highest BCUT2D eigenvalue weighted by Gasteiger charge is 2.61. The van der Waals surface area contributed by atoms with E-state index in [1.165, 1.54) is 25.5 Å². The zero-order valence-electron chi connectivity index (χ0n) is 9.84. The highest BCUT2D eigenvalue weighted by molar-refractivity contribution is 6.58. The lowest BCUT2D eigenvalue weighted by atomic mass is 9.52. The van der Waals surface area contributed by atoms with Gasteiger partial charge in [0.25, 0.3) is 0 Å². The zero-order valence-corrected chi connectivity index (χ0v) is 11.4. The summed E-state index contributed by atoms with van der Waals surface area (Å²) < 4.78 is 3.39. The molecule has 2 fully saturated rings. The summed E-state index contributed by atoms with van der Waals surface area (Å²) in [5.41, 5.74) is 1.15. The van der Waals surface area contributed by atoms with Gasteiger partial charge >= 0.3 is 5.97 Å². The summed E-state index contributed by atoms with van der Waals surface area (Å²) >= 11 is 12.7. The maximum atomic E-state index is 11.8. The Morgan fingerprint density at radius 3 is 2.88 bits per heavy atom. The third-order valence-electron chi connectivity index (χ3n) is 4.66. The van der Waals surface area contributed by atoms with Crippen molar-refractivity contribution in [3.8, 4) is 0 Å². The molecule has 0 amide bonds. The Balaban J connectivity index is 1.98. The number of esters is 1. The van der Waals surface area contributed by atoms with Crippen molar-refractivity contribution in [1.82, 2.24) is 0 Å². The summed E-state index contributed by atoms with van der Waals surface area (Å²) in [5.74, 6) is 0.722. The number of rotatable bonds is 2. The number of carbonyl (C=O) groups excluding carboxylic acids is 1. The van der Waals surface area contributed by atoms with Crippen LogP contribution in [-0.2, 0) is 9.53 Å². The van der Waals surface area contributed by atoms with Crippen LogP contribution in [0.4, 0.5) is 0 Å². The molecule has 3 unspecified atom stereocenters. The molecule has 2 nitrogen and oxygen atoms in total. The standard InChI is InChI=1S/C13H16Cl2O2/c1-17-11(16)13(14,15)12-5-8-2-9(6-12)4-10(3-8)7-12/h2,8,10H,3-7H2,1H3. The number of halogens is 2. The van der Waals surface area contributed by atoms with Crippen molar-refractivity contribution < 1.29 is 9.53 Å². The molecule has 0 aromatic heterocycles. The maximum Gasteiger partial charge on any atom is 0.342 e. The molecule has 0 aliphatic heterocycles. The molecule has 3 atom stereocenters. The van der Waals surface area contributed by atoms with Crippen LogP contribution >= 0.6 is 23.2 Å². The summed E-state index contributed by atoms with van der Waals surface area (Å²) in [7, 11) is 1.35. The summed E-state index contributed by atoms with van der Waals surface area (Å²) in [6.07, 6.45) is 7.52. The molecule has 0 aromatic rings. The Kier molecular flexibility index (Phi) is 2.54. The average Bonchev–Trinajstić information content (AvgIpc) is 2.25. The Morgan fingerprint density at radius 2 is 2.29 bits per heavy atom. The van der Waals surface area contributed by atoms with Gasteiger partial charge in [-0.25, -0.2) is 4.79 Å². The molecule has 0 heterocycles. The van der Waals surface area contributed by atoms with Crippen molar-refractivity contribution in [2.45, 2.75) is 36.4 Å². The summed E-state index contributed by atoms with van der Waals surface area (Å²) in [4.78, 5) is 11.8. The predicted octanol–water partition coefficient (Wildman–Crippen LogP) is 3.47. The second-order valence-corrected chi connectivity index (χ2v) is 7.15. The van der Waals surface area contributed by atoms with Gasteiger partial charge in [-0.15, -0.1) is 0 Å². The molecule has 4 aliphatic rings. The normalized spacial score (nSPS) is 39.1. The second kappa shape index (κ2) is 3.64. The molecule has 94 valence electrons. The monoisotopic (exact) mass is 274 g/mol. The lowest BCUT2D eigenvalue weighted by molar-refractivity contribution is -0.146. The largest absolute Gasteiger partial charge is 0.467 e. The van der Waals surface area contributed by atoms with Crippen molar-refractivity contribution in [3.05, 3.63) is 11.6 Å². The number of ether oxygens (including phenoxy) is 1. The second-order valence-electron chi connectivity index (χ2n) is 5.82. The minimum absolute atomic E-state index is 0.293. The van der Waals surface area contributed by atoms with E-state index < -0.39 is 10.3 Å². The molecule has 17 heavy (non-hydrogen) atoms. The van der Waals surface area contributed by atoms with Gasteiger partial charge in [-0.1, -0.05) is 34.9 Å². The fourth-order valence-electron chi connectivity index (χ4n) is 4.21. The van der Waals surface area contributed by atoms with Crippen molar-refractivity contribution in [3.63, 3.8) is 0 Å². The Hall–Kier alpha value is -0.210. The Morgan fingerprint density at radius 1 is 1.53 bits per heavy atom. The van der Waals surface area contributed by atoms with E-state index in [1.54, 1.807) is 0 Å².